The highest BCUT2D eigenvalue weighted by molar-refractivity contribution is 6.32. The van der Waals surface area contributed by atoms with E-state index in [0.29, 0.717) is 27.8 Å². The fraction of sp³-hybridized carbons (Fsp3) is 0.409. The summed E-state index contributed by atoms with van der Waals surface area (Å²) < 4.78 is 47.3. The number of methoxy groups -OCH3 is 1. The van der Waals surface area contributed by atoms with Gasteiger partial charge in [-0.3, -0.25) is 4.79 Å². The fourth-order valence-corrected chi connectivity index (χ4v) is 3.86. The zero-order valence-electron chi connectivity index (χ0n) is 19.0. The minimum atomic E-state index is -4.65. The SMILES string of the molecule is COc1cc(-n2ncc(NC(=O)C(CCO)n3cc(C(F)(F)F)nc3C)c2C(C)C)ccc1Cl. The second-order valence-electron chi connectivity index (χ2n) is 7.92. The van der Waals surface area contributed by atoms with Gasteiger partial charge in [-0.1, -0.05) is 25.4 Å². The van der Waals surface area contributed by atoms with Gasteiger partial charge in [0.05, 0.1) is 35.4 Å². The van der Waals surface area contributed by atoms with E-state index in [1.165, 1.54) is 20.2 Å². The molecule has 1 amide bonds. The van der Waals surface area contributed by atoms with E-state index >= 15 is 0 Å². The van der Waals surface area contributed by atoms with Gasteiger partial charge in [0.15, 0.2) is 5.69 Å². The van der Waals surface area contributed by atoms with Gasteiger partial charge >= 0.3 is 6.18 Å². The van der Waals surface area contributed by atoms with Crippen LogP contribution in [0.2, 0.25) is 5.02 Å². The maximum atomic E-state index is 13.2. The summed E-state index contributed by atoms with van der Waals surface area (Å²) in [5.41, 5.74) is 0.607. The topological polar surface area (TPSA) is 94.2 Å². The number of nitrogens with one attached hydrogen (secondary N) is 1. The lowest BCUT2D eigenvalue weighted by atomic mass is 10.1. The lowest BCUT2D eigenvalue weighted by Gasteiger charge is -2.20. The van der Waals surface area contributed by atoms with Gasteiger partial charge < -0.3 is 19.7 Å². The number of aromatic nitrogens is 4. The summed E-state index contributed by atoms with van der Waals surface area (Å²) >= 11 is 6.12. The minimum absolute atomic E-state index is 0.00830. The van der Waals surface area contributed by atoms with Crippen LogP contribution in [0.1, 0.15) is 49.4 Å². The molecule has 3 rings (SSSR count). The van der Waals surface area contributed by atoms with Crippen molar-refractivity contribution in [1.29, 1.82) is 0 Å². The van der Waals surface area contributed by atoms with Crippen molar-refractivity contribution in [3.8, 4) is 11.4 Å². The van der Waals surface area contributed by atoms with Crippen molar-refractivity contribution in [3.05, 3.63) is 52.8 Å². The minimum Gasteiger partial charge on any atom is -0.495 e. The number of imidazole rings is 1. The van der Waals surface area contributed by atoms with Gasteiger partial charge in [0, 0.05) is 25.3 Å². The third kappa shape index (κ3) is 5.20. The molecule has 0 saturated carbocycles. The molecule has 2 N–H and O–H groups in total. The number of carbonyl (C=O) groups is 1. The Morgan fingerprint density at radius 1 is 1.32 bits per heavy atom. The molecule has 184 valence electrons. The van der Waals surface area contributed by atoms with E-state index in [-0.39, 0.29) is 18.2 Å². The zero-order valence-corrected chi connectivity index (χ0v) is 19.8. The Kier molecular flexibility index (Phi) is 7.57. The second-order valence-corrected chi connectivity index (χ2v) is 8.33. The molecular formula is C22H25ClF3N5O3. The lowest BCUT2D eigenvalue weighted by Crippen LogP contribution is -2.28. The average molecular weight is 500 g/mol. The van der Waals surface area contributed by atoms with Crippen molar-refractivity contribution in [3.63, 3.8) is 0 Å². The number of alkyl halides is 3. The molecule has 3 aromatic rings. The molecule has 0 fully saturated rings. The van der Waals surface area contributed by atoms with E-state index in [2.05, 4.69) is 15.4 Å². The van der Waals surface area contributed by atoms with Crippen molar-refractivity contribution >= 4 is 23.2 Å². The van der Waals surface area contributed by atoms with Gasteiger partial charge in [0.25, 0.3) is 0 Å². The van der Waals surface area contributed by atoms with Crippen molar-refractivity contribution in [2.24, 2.45) is 0 Å². The van der Waals surface area contributed by atoms with Crippen LogP contribution in [-0.2, 0) is 11.0 Å². The molecular weight excluding hydrogens is 475 g/mol. The molecule has 8 nitrogen and oxygen atoms in total. The summed E-state index contributed by atoms with van der Waals surface area (Å²) in [5.74, 6) is -0.219. The van der Waals surface area contributed by atoms with Crippen LogP contribution in [0.15, 0.2) is 30.6 Å². The van der Waals surface area contributed by atoms with E-state index in [1.807, 2.05) is 13.8 Å². The predicted octanol–water partition coefficient (Wildman–Crippen LogP) is 4.74. The Labute approximate surface area is 199 Å². The Morgan fingerprint density at radius 3 is 2.59 bits per heavy atom. The summed E-state index contributed by atoms with van der Waals surface area (Å²) in [6.07, 6.45) is -2.50. The zero-order chi connectivity index (χ0) is 25.2. The summed E-state index contributed by atoms with van der Waals surface area (Å²) in [5, 5.41) is 17.0. The third-order valence-corrected chi connectivity index (χ3v) is 5.55. The monoisotopic (exact) mass is 499 g/mol. The first-order chi connectivity index (χ1) is 16.0. The molecule has 0 aliphatic carbocycles. The number of amides is 1. The van der Waals surface area contributed by atoms with Gasteiger partial charge in [-0.25, -0.2) is 9.67 Å². The highest BCUT2D eigenvalue weighted by Crippen LogP contribution is 2.33. The summed E-state index contributed by atoms with van der Waals surface area (Å²) in [7, 11) is 1.49. The molecule has 0 spiro atoms. The summed E-state index contributed by atoms with van der Waals surface area (Å²) in [4.78, 5) is 16.7. The quantitative estimate of drug-likeness (QED) is 0.467. The normalized spacial score (nSPS) is 12.8. The van der Waals surface area contributed by atoms with E-state index in [4.69, 9.17) is 16.3 Å². The summed E-state index contributed by atoms with van der Waals surface area (Å²) in [6, 6.07) is 4.01. The molecule has 1 aromatic carbocycles. The van der Waals surface area contributed by atoms with Crippen LogP contribution in [0.3, 0.4) is 0 Å². The van der Waals surface area contributed by atoms with Gasteiger partial charge in [0.1, 0.15) is 17.6 Å². The first-order valence-electron chi connectivity index (χ1n) is 10.4. The summed E-state index contributed by atoms with van der Waals surface area (Å²) in [6.45, 7) is 4.80. The highest BCUT2D eigenvalue weighted by atomic mass is 35.5. The molecule has 2 heterocycles. The number of benzene rings is 1. The Balaban J connectivity index is 1.97. The second kappa shape index (κ2) is 10.1. The van der Waals surface area contributed by atoms with E-state index in [9.17, 15) is 23.1 Å². The number of aliphatic hydroxyl groups is 1. The maximum Gasteiger partial charge on any atom is 0.434 e. The number of nitrogens with zero attached hydrogens (tertiary/aromatic N) is 4. The van der Waals surface area contributed by atoms with Gasteiger partial charge in [-0.15, -0.1) is 0 Å². The average Bonchev–Trinajstić information content (AvgIpc) is 3.36. The van der Waals surface area contributed by atoms with Crippen LogP contribution in [0.5, 0.6) is 5.75 Å². The number of ether oxygens (including phenoxy) is 1. The number of rotatable bonds is 8. The molecule has 0 saturated heterocycles. The molecule has 12 heteroatoms. The van der Waals surface area contributed by atoms with Crippen LogP contribution < -0.4 is 10.1 Å². The first kappa shape index (κ1) is 25.6. The number of hydrogen-bond acceptors (Lipinski definition) is 5. The Hall–Kier alpha value is -3.05. The smallest absolute Gasteiger partial charge is 0.434 e. The predicted molar refractivity (Wildman–Crippen MR) is 121 cm³/mol. The van der Waals surface area contributed by atoms with Crippen molar-refractivity contribution in [2.75, 3.05) is 19.0 Å². The van der Waals surface area contributed by atoms with Gasteiger partial charge in [-0.05, 0) is 25.0 Å². The van der Waals surface area contributed by atoms with Crippen molar-refractivity contribution in [1.82, 2.24) is 19.3 Å². The highest BCUT2D eigenvalue weighted by Gasteiger charge is 2.36. The molecule has 1 unspecified atom stereocenters. The molecule has 1 atom stereocenters. The molecule has 0 aliphatic rings. The lowest BCUT2D eigenvalue weighted by molar-refractivity contribution is -0.141. The largest absolute Gasteiger partial charge is 0.495 e. The molecule has 0 radical (unpaired) electrons. The van der Waals surface area contributed by atoms with E-state index < -0.39 is 30.4 Å². The molecule has 2 aromatic heterocycles. The number of halogens is 4. The number of aryl methyl sites for hydroxylation is 1. The first-order valence-corrected chi connectivity index (χ1v) is 10.8. The molecule has 34 heavy (non-hydrogen) atoms. The number of anilines is 1. The number of hydrogen-bond donors (Lipinski definition) is 2. The van der Waals surface area contributed by atoms with Crippen LogP contribution in [0, 0.1) is 6.92 Å². The maximum absolute atomic E-state index is 13.2. The van der Waals surface area contributed by atoms with Crippen molar-refractivity contribution < 1.29 is 27.8 Å². The molecule has 0 aliphatic heterocycles. The van der Waals surface area contributed by atoms with Crippen LogP contribution in [0.4, 0.5) is 18.9 Å². The Morgan fingerprint density at radius 2 is 2.03 bits per heavy atom. The van der Waals surface area contributed by atoms with Gasteiger partial charge in [-0.2, -0.15) is 18.3 Å². The number of carbonyl (C=O) groups excluding carboxylic acids is 1. The van der Waals surface area contributed by atoms with Gasteiger partial charge in [0.2, 0.25) is 5.91 Å². The third-order valence-electron chi connectivity index (χ3n) is 5.24. The van der Waals surface area contributed by atoms with Crippen molar-refractivity contribution in [2.45, 2.75) is 45.3 Å². The van der Waals surface area contributed by atoms with Crippen LogP contribution in [0.25, 0.3) is 5.69 Å². The Bertz CT molecular complexity index is 1170. The molecule has 0 bridgehead atoms. The van der Waals surface area contributed by atoms with Crippen LogP contribution >= 0.6 is 11.6 Å². The van der Waals surface area contributed by atoms with E-state index in [0.717, 1.165) is 10.8 Å². The number of aliphatic hydroxyl groups excluding tert-OH is 1. The van der Waals surface area contributed by atoms with E-state index in [1.54, 1.807) is 22.9 Å². The standard InChI is InChI=1S/C22H25ClF3N5O3/c1-12(2)20-16(10-27-31(20)14-5-6-15(23)18(9-14)34-4)29-21(33)17(7-8-32)30-11-19(22(24,25)26)28-13(30)3/h5-6,9-12,17,32H,7-8H2,1-4H3,(H,29,33). The van der Waals surface area contributed by atoms with Crippen LogP contribution in [-0.4, -0.2) is 44.1 Å². The fourth-order valence-electron chi connectivity index (χ4n) is 3.67.